The zero-order valence-corrected chi connectivity index (χ0v) is 17.3. The van der Waals surface area contributed by atoms with Crippen LogP contribution in [0.1, 0.15) is 18.9 Å². The number of hydrogen-bond donors (Lipinski definition) is 3. The summed E-state index contributed by atoms with van der Waals surface area (Å²) in [6.45, 7) is 9.54. The molecule has 8 heteroatoms. The maximum atomic E-state index is 12.0. The van der Waals surface area contributed by atoms with Gasteiger partial charge in [0.1, 0.15) is 11.5 Å². The van der Waals surface area contributed by atoms with Gasteiger partial charge in [0.05, 0.1) is 24.5 Å². The maximum Gasteiger partial charge on any atom is 0.348 e. The highest BCUT2D eigenvalue weighted by Crippen LogP contribution is 2.31. The number of hydrogen-bond acceptors (Lipinski definition) is 6. The van der Waals surface area contributed by atoms with Gasteiger partial charge in [-0.25, -0.2) is 14.5 Å². The van der Waals surface area contributed by atoms with Crippen molar-refractivity contribution in [1.82, 2.24) is 19.7 Å². The molecule has 3 N–H and O–H groups in total. The van der Waals surface area contributed by atoms with Crippen LogP contribution in [0.4, 0.5) is 0 Å². The van der Waals surface area contributed by atoms with Gasteiger partial charge in [0.25, 0.3) is 0 Å². The van der Waals surface area contributed by atoms with E-state index in [1.54, 1.807) is 12.1 Å². The van der Waals surface area contributed by atoms with Gasteiger partial charge in [-0.05, 0) is 44.2 Å². The number of rotatable bonds is 4. The van der Waals surface area contributed by atoms with Gasteiger partial charge in [0.15, 0.2) is 5.82 Å². The number of ether oxygens (including phenoxy) is 1. The second kappa shape index (κ2) is 10.1. The summed E-state index contributed by atoms with van der Waals surface area (Å²) in [5.41, 5.74) is 1.67. The smallest absolute Gasteiger partial charge is 0.348 e. The molecule has 1 aliphatic rings. The molecule has 1 aliphatic heterocycles. The Morgan fingerprint density at radius 1 is 1.10 bits per heavy atom. The van der Waals surface area contributed by atoms with Crippen LogP contribution in [0.5, 0.6) is 11.5 Å². The van der Waals surface area contributed by atoms with Crippen molar-refractivity contribution in [2.24, 2.45) is 0 Å². The van der Waals surface area contributed by atoms with E-state index in [-0.39, 0.29) is 17.3 Å². The van der Waals surface area contributed by atoms with E-state index in [2.05, 4.69) is 22.0 Å². The van der Waals surface area contributed by atoms with Crippen molar-refractivity contribution in [2.45, 2.75) is 20.3 Å². The van der Waals surface area contributed by atoms with E-state index in [4.69, 9.17) is 4.74 Å². The SMILES string of the molecule is CCCN1CCOCC1.Cc1ccc(-n2c(-c3ccc(O)cc3O)n[nH]c2=O)cc1. The van der Waals surface area contributed by atoms with E-state index >= 15 is 0 Å². The third kappa shape index (κ3) is 5.28. The number of aromatic hydroxyl groups is 2. The van der Waals surface area contributed by atoms with E-state index in [0.29, 0.717) is 11.3 Å². The van der Waals surface area contributed by atoms with E-state index in [1.807, 2.05) is 19.1 Å². The van der Waals surface area contributed by atoms with Gasteiger partial charge in [-0.2, -0.15) is 5.10 Å². The van der Waals surface area contributed by atoms with Crippen molar-refractivity contribution in [3.8, 4) is 28.6 Å². The highest BCUT2D eigenvalue weighted by Gasteiger charge is 2.16. The minimum absolute atomic E-state index is 0.0592. The lowest BCUT2D eigenvalue weighted by molar-refractivity contribution is 0.0380. The van der Waals surface area contributed by atoms with Crippen LogP contribution in [-0.4, -0.2) is 62.7 Å². The standard InChI is InChI=1S/C15H13N3O3.C7H15NO/c1-9-2-4-10(5-3-9)18-14(16-17-15(18)21)12-7-6-11(19)8-13(12)20;1-2-3-8-4-6-9-7-5-8/h2-8,19-20H,1H3,(H,17,21);2-7H2,1H3. The average Bonchev–Trinajstić information content (AvgIpc) is 3.11. The van der Waals surface area contributed by atoms with Crippen LogP contribution in [0, 0.1) is 6.92 Å². The fourth-order valence-corrected chi connectivity index (χ4v) is 3.26. The van der Waals surface area contributed by atoms with Gasteiger partial charge in [-0.1, -0.05) is 24.6 Å². The summed E-state index contributed by atoms with van der Waals surface area (Å²) in [5.74, 6) is 0.0692. The lowest BCUT2D eigenvalue weighted by Crippen LogP contribution is -2.36. The summed E-state index contributed by atoms with van der Waals surface area (Å²) < 4.78 is 6.57. The van der Waals surface area contributed by atoms with Crippen LogP contribution >= 0.6 is 0 Å². The fraction of sp³-hybridized carbons (Fsp3) is 0.364. The molecule has 0 amide bonds. The fourth-order valence-electron chi connectivity index (χ4n) is 3.26. The van der Waals surface area contributed by atoms with Crippen LogP contribution in [0.3, 0.4) is 0 Å². The molecular weight excluding hydrogens is 384 g/mol. The predicted molar refractivity (Wildman–Crippen MR) is 115 cm³/mol. The van der Waals surface area contributed by atoms with Crippen molar-refractivity contribution >= 4 is 0 Å². The normalized spacial score (nSPS) is 14.2. The third-order valence-electron chi connectivity index (χ3n) is 4.83. The molecule has 0 aliphatic carbocycles. The Labute approximate surface area is 175 Å². The second-order valence-corrected chi connectivity index (χ2v) is 7.18. The largest absolute Gasteiger partial charge is 0.508 e. The van der Waals surface area contributed by atoms with Gasteiger partial charge in [0, 0.05) is 19.2 Å². The summed E-state index contributed by atoms with van der Waals surface area (Å²) in [6.07, 6.45) is 1.26. The summed E-state index contributed by atoms with van der Waals surface area (Å²) >= 11 is 0. The summed E-state index contributed by atoms with van der Waals surface area (Å²) in [7, 11) is 0. The third-order valence-corrected chi connectivity index (χ3v) is 4.83. The minimum Gasteiger partial charge on any atom is -0.508 e. The van der Waals surface area contributed by atoms with E-state index < -0.39 is 5.69 Å². The lowest BCUT2D eigenvalue weighted by Gasteiger charge is -2.25. The molecule has 0 bridgehead atoms. The monoisotopic (exact) mass is 412 g/mol. The second-order valence-electron chi connectivity index (χ2n) is 7.18. The van der Waals surface area contributed by atoms with Crippen molar-refractivity contribution in [3.05, 3.63) is 58.5 Å². The first kappa shape index (κ1) is 21.6. The molecule has 0 saturated carbocycles. The molecule has 2 aromatic carbocycles. The van der Waals surface area contributed by atoms with Gasteiger partial charge in [-0.3, -0.25) is 4.90 Å². The highest BCUT2D eigenvalue weighted by atomic mass is 16.5. The van der Waals surface area contributed by atoms with Gasteiger partial charge in [0.2, 0.25) is 0 Å². The Bertz CT molecular complexity index is 1000. The molecule has 30 heavy (non-hydrogen) atoms. The Balaban J connectivity index is 0.000000239. The number of phenolic OH excluding ortho intramolecular Hbond substituents is 2. The van der Waals surface area contributed by atoms with Crippen molar-refractivity contribution in [3.63, 3.8) is 0 Å². The maximum absolute atomic E-state index is 12.0. The minimum atomic E-state index is -0.402. The number of aryl methyl sites for hydroxylation is 1. The molecule has 3 aromatic rings. The van der Waals surface area contributed by atoms with Gasteiger partial charge in [-0.15, -0.1) is 0 Å². The Morgan fingerprint density at radius 2 is 1.80 bits per heavy atom. The van der Waals surface area contributed by atoms with Crippen LogP contribution in [0.2, 0.25) is 0 Å². The molecule has 0 unspecified atom stereocenters. The number of nitrogens with zero attached hydrogens (tertiary/aromatic N) is 3. The molecule has 1 aromatic heterocycles. The Hall–Kier alpha value is -3.10. The van der Waals surface area contributed by atoms with E-state index in [9.17, 15) is 15.0 Å². The van der Waals surface area contributed by atoms with Crippen LogP contribution in [0.15, 0.2) is 47.3 Å². The first-order valence-electron chi connectivity index (χ1n) is 10.1. The zero-order chi connectivity index (χ0) is 21.5. The number of aromatic amines is 1. The van der Waals surface area contributed by atoms with Gasteiger partial charge >= 0.3 is 5.69 Å². The van der Waals surface area contributed by atoms with Crippen LogP contribution in [0.25, 0.3) is 17.1 Å². The van der Waals surface area contributed by atoms with Crippen molar-refractivity contribution in [1.29, 1.82) is 0 Å². The van der Waals surface area contributed by atoms with Gasteiger partial charge < -0.3 is 14.9 Å². The molecule has 160 valence electrons. The van der Waals surface area contributed by atoms with Crippen molar-refractivity contribution < 1.29 is 14.9 Å². The molecule has 0 atom stereocenters. The predicted octanol–water partition coefficient (Wildman–Crippen LogP) is 2.68. The topological polar surface area (TPSA) is 104 Å². The summed E-state index contributed by atoms with van der Waals surface area (Å²) in [4.78, 5) is 14.4. The van der Waals surface area contributed by atoms with E-state index in [0.717, 1.165) is 31.9 Å². The molecule has 1 fully saturated rings. The molecule has 2 heterocycles. The first-order chi connectivity index (χ1) is 14.5. The molecule has 8 nitrogen and oxygen atoms in total. The highest BCUT2D eigenvalue weighted by molar-refractivity contribution is 5.66. The number of benzene rings is 2. The van der Waals surface area contributed by atoms with Crippen molar-refractivity contribution in [2.75, 3.05) is 32.8 Å². The zero-order valence-electron chi connectivity index (χ0n) is 17.3. The first-order valence-corrected chi connectivity index (χ1v) is 10.1. The van der Waals surface area contributed by atoms with Crippen LogP contribution < -0.4 is 5.69 Å². The number of phenols is 2. The Morgan fingerprint density at radius 3 is 2.43 bits per heavy atom. The lowest BCUT2D eigenvalue weighted by atomic mass is 10.1. The summed E-state index contributed by atoms with van der Waals surface area (Å²) in [5, 5.41) is 25.6. The number of aromatic nitrogens is 3. The molecule has 0 spiro atoms. The molecule has 1 saturated heterocycles. The quantitative estimate of drug-likeness (QED) is 0.609. The number of morpholine rings is 1. The molecule has 4 rings (SSSR count). The number of H-pyrrole nitrogens is 1. The van der Waals surface area contributed by atoms with Crippen LogP contribution in [-0.2, 0) is 4.74 Å². The molecule has 0 radical (unpaired) electrons. The summed E-state index contributed by atoms with van der Waals surface area (Å²) in [6, 6.07) is 11.5. The average molecular weight is 412 g/mol. The Kier molecular flexibility index (Phi) is 7.26. The molecular formula is C22H28N4O4. The number of nitrogens with one attached hydrogen (secondary N) is 1. The van der Waals surface area contributed by atoms with E-state index in [1.165, 1.54) is 35.7 Å².